The molecule has 5 nitrogen and oxygen atoms in total. The molecule has 0 atom stereocenters. The minimum atomic E-state index is -0.224. The SMILES string of the molecule is Cc1ccc(-n2c(C)nnc2SCC(=O)NC(C)(C)C)cc1. The van der Waals surface area contributed by atoms with E-state index in [1.54, 1.807) is 0 Å². The zero-order valence-corrected chi connectivity index (χ0v) is 14.5. The summed E-state index contributed by atoms with van der Waals surface area (Å²) in [6.45, 7) is 9.86. The van der Waals surface area contributed by atoms with E-state index < -0.39 is 0 Å². The van der Waals surface area contributed by atoms with Crippen molar-refractivity contribution in [1.82, 2.24) is 20.1 Å². The molecule has 0 saturated heterocycles. The summed E-state index contributed by atoms with van der Waals surface area (Å²) in [6.07, 6.45) is 0. The van der Waals surface area contributed by atoms with E-state index >= 15 is 0 Å². The minimum Gasteiger partial charge on any atom is -0.351 e. The van der Waals surface area contributed by atoms with Gasteiger partial charge in [-0.2, -0.15) is 0 Å². The number of benzene rings is 1. The molecule has 0 fully saturated rings. The van der Waals surface area contributed by atoms with Crippen LogP contribution in [0.3, 0.4) is 0 Å². The summed E-state index contributed by atoms with van der Waals surface area (Å²) < 4.78 is 1.97. The third-order valence-electron chi connectivity index (χ3n) is 2.93. The lowest BCUT2D eigenvalue weighted by Gasteiger charge is -2.20. The van der Waals surface area contributed by atoms with Crippen molar-refractivity contribution in [3.05, 3.63) is 35.7 Å². The molecule has 0 saturated carbocycles. The molecule has 118 valence electrons. The predicted molar refractivity (Wildman–Crippen MR) is 89.5 cm³/mol. The maximum Gasteiger partial charge on any atom is 0.230 e. The molecule has 0 unspecified atom stereocenters. The second-order valence-corrected chi connectivity index (χ2v) is 7.23. The van der Waals surface area contributed by atoms with Crippen molar-refractivity contribution in [3.63, 3.8) is 0 Å². The van der Waals surface area contributed by atoms with Crippen molar-refractivity contribution in [3.8, 4) is 5.69 Å². The first-order chi connectivity index (χ1) is 10.3. The summed E-state index contributed by atoms with van der Waals surface area (Å²) >= 11 is 1.39. The normalized spacial score (nSPS) is 11.5. The lowest BCUT2D eigenvalue weighted by Crippen LogP contribution is -2.41. The van der Waals surface area contributed by atoms with E-state index in [-0.39, 0.29) is 11.4 Å². The average Bonchev–Trinajstić information content (AvgIpc) is 2.77. The van der Waals surface area contributed by atoms with Gasteiger partial charge in [0.15, 0.2) is 5.16 Å². The van der Waals surface area contributed by atoms with E-state index in [1.807, 2.05) is 44.4 Å². The van der Waals surface area contributed by atoms with Crippen LogP contribution in [0.5, 0.6) is 0 Å². The van der Waals surface area contributed by atoms with Crippen LogP contribution < -0.4 is 5.32 Å². The predicted octanol–water partition coefficient (Wildman–Crippen LogP) is 2.89. The fraction of sp³-hybridized carbons (Fsp3) is 0.438. The number of rotatable bonds is 4. The van der Waals surface area contributed by atoms with Gasteiger partial charge < -0.3 is 5.32 Å². The van der Waals surface area contributed by atoms with Gasteiger partial charge in [0.2, 0.25) is 5.91 Å². The molecule has 1 amide bonds. The summed E-state index contributed by atoms with van der Waals surface area (Å²) in [6, 6.07) is 8.17. The molecule has 0 aliphatic rings. The van der Waals surface area contributed by atoms with E-state index in [9.17, 15) is 4.79 Å². The second kappa shape index (κ2) is 6.52. The fourth-order valence-corrected chi connectivity index (χ4v) is 2.81. The van der Waals surface area contributed by atoms with Crippen molar-refractivity contribution in [2.24, 2.45) is 0 Å². The summed E-state index contributed by atoms with van der Waals surface area (Å²) in [5.74, 6) is 1.12. The molecule has 2 rings (SSSR count). The molecule has 1 aromatic carbocycles. The van der Waals surface area contributed by atoms with Gasteiger partial charge in [-0.25, -0.2) is 0 Å². The third kappa shape index (κ3) is 4.34. The largest absolute Gasteiger partial charge is 0.351 e. The highest BCUT2D eigenvalue weighted by Crippen LogP contribution is 2.22. The molecule has 0 bridgehead atoms. The molecule has 0 spiro atoms. The van der Waals surface area contributed by atoms with Gasteiger partial charge in [-0.1, -0.05) is 29.5 Å². The maximum atomic E-state index is 11.9. The molecular weight excluding hydrogens is 296 g/mol. The lowest BCUT2D eigenvalue weighted by atomic mass is 10.1. The zero-order valence-electron chi connectivity index (χ0n) is 13.7. The Bertz CT molecular complexity index is 656. The van der Waals surface area contributed by atoms with Crippen LogP contribution in [0.4, 0.5) is 0 Å². The van der Waals surface area contributed by atoms with E-state index in [4.69, 9.17) is 0 Å². The lowest BCUT2D eigenvalue weighted by molar-refractivity contribution is -0.119. The smallest absolute Gasteiger partial charge is 0.230 e. The van der Waals surface area contributed by atoms with Crippen LogP contribution in [0.1, 0.15) is 32.2 Å². The van der Waals surface area contributed by atoms with Crippen LogP contribution >= 0.6 is 11.8 Å². The maximum absolute atomic E-state index is 11.9. The van der Waals surface area contributed by atoms with Crippen molar-refractivity contribution < 1.29 is 4.79 Å². The van der Waals surface area contributed by atoms with Crippen LogP contribution in [0.2, 0.25) is 0 Å². The Balaban J connectivity index is 2.13. The van der Waals surface area contributed by atoms with Crippen molar-refractivity contribution in [2.75, 3.05) is 5.75 Å². The number of thioether (sulfide) groups is 1. The van der Waals surface area contributed by atoms with Crippen molar-refractivity contribution >= 4 is 17.7 Å². The molecule has 0 aliphatic heterocycles. The average molecular weight is 318 g/mol. The van der Waals surface area contributed by atoms with Crippen molar-refractivity contribution in [2.45, 2.75) is 45.3 Å². The quantitative estimate of drug-likeness (QED) is 0.881. The Kier molecular flexibility index (Phi) is 4.90. The number of aryl methyl sites for hydroxylation is 2. The molecule has 6 heteroatoms. The summed E-state index contributed by atoms with van der Waals surface area (Å²) in [5, 5.41) is 12.0. The number of hydrogen-bond acceptors (Lipinski definition) is 4. The molecule has 22 heavy (non-hydrogen) atoms. The molecular formula is C16H22N4OS. The fourth-order valence-electron chi connectivity index (χ4n) is 2.01. The number of aromatic nitrogens is 3. The highest BCUT2D eigenvalue weighted by atomic mass is 32.2. The number of hydrogen-bond donors (Lipinski definition) is 1. The van der Waals surface area contributed by atoms with Gasteiger partial charge in [0.25, 0.3) is 0 Å². The molecule has 1 N–H and O–H groups in total. The number of nitrogens with zero attached hydrogens (tertiary/aromatic N) is 3. The molecule has 2 aromatic rings. The van der Waals surface area contributed by atoms with E-state index in [0.717, 1.165) is 16.7 Å². The van der Waals surface area contributed by atoms with Gasteiger partial charge in [0, 0.05) is 11.2 Å². The van der Waals surface area contributed by atoms with Crippen LogP contribution in [0.15, 0.2) is 29.4 Å². The van der Waals surface area contributed by atoms with Gasteiger partial charge in [0.05, 0.1) is 5.75 Å². The number of nitrogens with one attached hydrogen (secondary N) is 1. The summed E-state index contributed by atoms with van der Waals surface area (Å²) in [7, 11) is 0. The Labute approximate surface area is 135 Å². The third-order valence-corrected chi connectivity index (χ3v) is 3.86. The Morgan fingerprint density at radius 1 is 1.18 bits per heavy atom. The monoisotopic (exact) mass is 318 g/mol. The minimum absolute atomic E-state index is 0.00592. The summed E-state index contributed by atoms with van der Waals surface area (Å²) in [4.78, 5) is 11.9. The van der Waals surface area contributed by atoms with E-state index in [0.29, 0.717) is 5.75 Å². The molecule has 1 aromatic heterocycles. The molecule has 0 aliphatic carbocycles. The number of carbonyl (C=O) groups is 1. The highest BCUT2D eigenvalue weighted by Gasteiger charge is 2.16. The van der Waals surface area contributed by atoms with Crippen LogP contribution in [-0.2, 0) is 4.79 Å². The van der Waals surface area contributed by atoms with E-state index in [2.05, 4.69) is 34.6 Å². The van der Waals surface area contributed by atoms with Gasteiger partial charge in [-0.3, -0.25) is 9.36 Å². The van der Waals surface area contributed by atoms with Crippen LogP contribution in [0, 0.1) is 13.8 Å². The topological polar surface area (TPSA) is 59.8 Å². The highest BCUT2D eigenvalue weighted by molar-refractivity contribution is 7.99. The van der Waals surface area contributed by atoms with E-state index in [1.165, 1.54) is 17.3 Å². The molecule has 1 heterocycles. The van der Waals surface area contributed by atoms with Crippen LogP contribution in [0.25, 0.3) is 5.69 Å². The second-order valence-electron chi connectivity index (χ2n) is 6.29. The van der Waals surface area contributed by atoms with Gasteiger partial charge in [-0.05, 0) is 46.8 Å². The zero-order chi connectivity index (χ0) is 16.3. The summed E-state index contributed by atoms with van der Waals surface area (Å²) in [5.41, 5.74) is 1.98. The van der Waals surface area contributed by atoms with Crippen molar-refractivity contribution in [1.29, 1.82) is 0 Å². The molecule has 0 radical (unpaired) electrons. The number of carbonyl (C=O) groups excluding carboxylic acids is 1. The first kappa shape index (κ1) is 16.5. The Hall–Kier alpha value is -1.82. The number of amides is 1. The Morgan fingerprint density at radius 2 is 1.82 bits per heavy atom. The van der Waals surface area contributed by atoms with Crippen LogP contribution in [-0.4, -0.2) is 32.0 Å². The first-order valence-electron chi connectivity index (χ1n) is 7.19. The standard InChI is InChI=1S/C16H22N4OS/c1-11-6-8-13(9-7-11)20-12(2)18-19-15(20)22-10-14(21)17-16(3,4)5/h6-9H,10H2,1-5H3,(H,17,21). The van der Waals surface area contributed by atoms with Gasteiger partial charge in [-0.15, -0.1) is 10.2 Å². The first-order valence-corrected chi connectivity index (χ1v) is 8.18. The Morgan fingerprint density at radius 3 is 2.41 bits per heavy atom. The van der Waals surface area contributed by atoms with Gasteiger partial charge >= 0.3 is 0 Å². The van der Waals surface area contributed by atoms with Gasteiger partial charge in [0.1, 0.15) is 5.82 Å².